The minimum Gasteiger partial charge on any atom is -0.497 e. The molecule has 0 N–H and O–H groups in total. The Morgan fingerprint density at radius 2 is 1.66 bits per heavy atom. The number of carbonyl (C=O) groups is 2. The molecule has 0 aromatic heterocycles. The van der Waals surface area contributed by atoms with Gasteiger partial charge in [-0.3, -0.25) is 9.69 Å². The topological polar surface area (TPSA) is 92.1 Å². The number of amides is 1. The Balaban J connectivity index is 1.41. The number of carbonyl (C=O) groups excluding carboxylic acids is 2. The van der Waals surface area contributed by atoms with Crippen LogP contribution in [-0.4, -0.2) is 68.6 Å². The van der Waals surface area contributed by atoms with Crippen molar-refractivity contribution in [1.82, 2.24) is 9.80 Å². The number of ether oxygens (including phenoxy) is 3. The molecule has 38 heavy (non-hydrogen) atoms. The Bertz CT molecular complexity index is 1290. The van der Waals surface area contributed by atoms with Gasteiger partial charge in [-0.2, -0.15) is 5.26 Å². The summed E-state index contributed by atoms with van der Waals surface area (Å²) < 4.78 is 16.6. The molecular formula is C30H31N3O5. The molecule has 0 aliphatic carbocycles. The second-order valence-electron chi connectivity index (χ2n) is 9.05. The van der Waals surface area contributed by atoms with Crippen molar-refractivity contribution in [2.24, 2.45) is 0 Å². The molecule has 1 saturated heterocycles. The zero-order chi connectivity index (χ0) is 26.9. The second-order valence-corrected chi connectivity index (χ2v) is 9.05. The monoisotopic (exact) mass is 513 g/mol. The zero-order valence-corrected chi connectivity index (χ0v) is 21.6. The van der Waals surface area contributed by atoms with Gasteiger partial charge in [-0.15, -0.1) is 0 Å². The number of hydrogen-bond acceptors (Lipinski definition) is 7. The van der Waals surface area contributed by atoms with Gasteiger partial charge in [0.05, 0.1) is 44.1 Å². The lowest BCUT2D eigenvalue weighted by Crippen LogP contribution is -2.49. The van der Waals surface area contributed by atoms with E-state index in [9.17, 15) is 9.59 Å². The van der Waals surface area contributed by atoms with Gasteiger partial charge in [-0.25, -0.2) is 4.79 Å². The third kappa shape index (κ3) is 6.76. The van der Waals surface area contributed by atoms with Gasteiger partial charge in [0.15, 0.2) is 0 Å². The number of benzene rings is 3. The van der Waals surface area contributed by atoms with Gasteiger partial charge >= 0.3 is 5.97 Å². The molecule has 1 atom stereocenters. The van der Waals surface area contributed by atoms with Gasteiger partial charge in [-0.1, -0.05) is 30.3 Å². The van der Waals surface area contributed by atoms with E-state index in [1.165, 1.54) is 7.11 Å². The predicted molar refractivity (Wildman–Crippen MR) is 142 cm³/mol. The first-order chi connectivity index (χ1) is 18.5. The van der Waals surface area contributed by atoms with Crippen LogP contribution in [0.25, 0.3) is 0 Å². The third-order valence-corrected chi connectivity index (χ3v) is 6.61. The fourth-order valence-electron chi connectivity index (χ4n) is 4.42. The van der Waals surface area contributed by atoms with E-state index in [2.05, 4.69) is 11.0 Å². The molecule has 1 heterocycles. The molecule has 0 saturated carbocycles. The molecule has 8 heteroatoms. The molecule has 3 aromatic rings. The van der Waals surface area contributed by atoms with Gasteiger partial charge in [0, 0.05) is 38.3 Å². The highest BCUT2D eigenvalue weighted by Crippen LogP contribution is 2.25. The summed E-state index contributed by atoms with van der Waals surface area (Å²) in [6.07, 6.45) is -0.222. The molecule has 1 aliphatic rings. The summed E-state index contributed by atoms with van der Waals surface area (Å²) in [5.74, 6) is 0.327. The number of piperazine rings is 1. The minimum atomic E-state index is -0.373. The number of methoxy groups -OCH3 is 2. The van der Waals surface area contributed by atoms with E-state index in [0.29, 0.717) is 56.0 Å². The van der Waals surface area contributed by atoms with E-state index >= 15 is 0 Å². The van der Waals surface area contributed by atoms with Crippen LogP contribution in [-0.2, 0) is 16.1 Å². The molecule has 8 nitrogen and oxygen atoms in total. The molecule has 1 fully saturated rings. The van der Waals surface area contributed by atoms with E-state index in [0.717, 1.165) is 16.9 Å². The Morgan fingerprint density at radius 1 is 0.921 bits per heavy atom. The molecule has 0 bridgehead atoms. The molecule has 0 spiro atoms. The number of esters is 1. The average molecular weight is 514 g/mol. The van der Waals surface area contributed by atoms with Gasteiger partial charge in [0.25, 0.3) is 5.91 Å². The van der Waals surface area contributed by atoms with Crippen LogP contribution in [0.2, 0.25) is 0 Å². The molecule has 1 amide bonds. The molecule has 3 aromatic carbocycles. The number of nitrogens with zero attached hydrogens (tertiary/aromatic N) is 3. The maximum atomic E-state index is 13.0. The van der Waals surface area contributed by atoms with Crippen LogP contribution < -0.4 is 4.74 Å². The van der Waals surface area contributed by atoms with E-state index in [1.54, 1.807) is 43.5 Å². The summed E-state index contributed by atoms with van der Waals surface area (Å²) in [5, 5.41) is 9.14. The van der Waals surface area contributed by atoms with Crippen LogP contribution >= 0.6 is 0 Å². The summed E-state index contributed by atoms with van der Waals surface area (Å²) in [4.78, 5) is 28.8. The summed E-state index contributed by atoms with van der Waals surface area (Å²) >= 11 is 0. The first-order valence-electron chi connectivity index (χ1n) is 12.5. The van der Waals surface area contributed by atoms with Gasteiger partial charge in [0.2, 0.25) is 0 Å². The quantitative estimate of drug-likeness (QED) is 0.398. The van der Waals surface area contributed by atoms with Crippen molar-refractivity contribution in [3.63, 3.8) is 0 Å². The Hall–Kier alpha value is -4.19. The maximum Gasteiger partial charge on any atom is 0.337 e. The lowest BCUT2D eigenvalue weighted by atomic mass is 10.1. The first-order valence-corrected chi connectivity index (χ1v) is 12.5. The van der Waals surface area contributed by atoms with E-state index < -0.39 is 0 Å². The molecule has 0 unspecified atom stereocenters. The largest absolute Gasteiger partial charge is 0.497 e. The van der Waals surface area contributed by atoms with E-state index in [4.69, 9.17) is 19.5 Å². The SMILES string of the molecule is COC(=O)c1ccc(CO[C@@H](CN2CCN(C(=O)c3cccc(C#N)c3)CC2)c2cccc(OC)c2)cc1. The standard InChI is InChI=1S/C30H31N3O5/c1-36-27-8-4-6-25(18-27)28(38-21-22-9-11-24(12-10-22)30(35)37-2)20-32-13-15-33(16-14-32)29(34)26-7-3-5-23(17-26)19-31/h3-12,17-18,28H,13-16,20-21H2,1-2H3/t28-/m0/s1. The highest BCUT2D eigenvalue weighted by Gasteiger charge is 2.25. The number of nitriles is 1. The van der Waals surface area contributed by atoms with Crippen LogP contribution in [0.3, 0.4) is 0 Å². The van der Waals surface area contributed by atoms with Crippen LogP contribution in [0.1, 0.15) is 43.5 Å². The van der Waals surface area contributed by atoms with Crippen molar-refractivity contribution in [1.29, 1.82) is 5.26 Å². The average Bonchev–Trinajstić information content (AvgIpc) is 2.99. The molecular weight excluding hydrogens is 482 g/mol. The highest BCUT2D eigenvalue weighted by molar-refractivity contribution is 5.94. The van der Waals surface area contributed by atoms with Crippen molar-refractivity contribution < 1.29 is 23.8 Å². The minimum absolute atomic E-state index is 0.0576. The second kappa shape index (κ2) is 12.9. The molecule has 4 rings (SSSR count). The van der Waals surface area contributed by atoms with Gasteiger partial charge < -0.3 is 19.1 Å². The molecule has 196 valence electrons. The highest BCUT2D eigenvalue weighted by atomic mass is 16.5. The number of hydrogen-bond donors (Lipinski definition) is 0. The van der Waals surface area contributed by atoms with Crippen LogP contribution in [0.4, 0.5) is 0 Å². The Labute approximate surface area is 222 Å². The molecule has 0 radical (unpaired) electrons. The maximum absolute atomic E-state index is 13.0. The summed E-state index contributed by atoms with van der Waals surface area (Å²) in [6, 6.07) is 23.9. The van der Waals surface area contributed by atoms with Crippen LogP contribution in [0.15, 0.2) is 72.8 Å². The van der Waals surface area contributed by atoms with Gasteiger partial charge in [-0.05, 0) is 53.6 Å². The van der Waals surface area contributed by atoms with Crippen LogP contribution in [0.5, 0.6) is 5.75 Å². The van der Waals surface area contributed by atoms with E-state index in [1.807, 2.05) is 41.3 Å². The number of rotatable bonds is 9. The van der Waals surface area contributed by atoms with Crippen molar-refractivity contribution >= 4 is 11.9 Å². The fraction of sp³-hybridized carbons (Fsp3) is 0.300. The third-order valence-electron chi connectivity index (χ3n) is 6.61. The smallest absolute Gasteiger partial charge is 0.337 e. The normalized spacial score (nSPS) is 14.4. The zero-order valence-electron chi connectivity index (χ0n) is 21.6. The summed E-state index contributed by atoms with van der Waals surface area (Å²) in [6.45, 7) is 3.63. The van der Waals surface area contributed by atoms with E-state index in [-0.39, 0.29) is 18.0 Å². The summed E-state index contributed by atoms with van der Waals surface area (Å²) in [5.41, 5.74) is 3.45. The fourth-order valence-corrected chi connectivity index (χ4v) is 4.42. The van der Waals surface area contributed by atoms with Crippen LogP contribution in [0, 0.1) is 11.3 Å². The Kier molecular flexibility index (Phi) is 9.09. The Morgan fingerprint density at radius 3 is 2.34 bits per heavy atom. The lowest BCUT2D eigenvalue weighted by molar-refractivity contribution is 0.00331. The van der Waals surface area contributed by atoms with Crippen molar-refractivity contribution in [2.45, 2.75) is 12.7 Å². The van der Waals surface area contributed by atoms with Crippen molar-refractivity contribution in [2.75, 3.05) is 46.9 Å². The molecule has 1 aliphatic heterocycles. The predicted octanol–water partition coefficient (Wildman–Crippen LogP) is 4.07. The van der Waals surface area contributed by atoms with Crippen molar-refractivity contribution in [3.05, 3.63) is 101 Å². The summed E-state index contributed by atoms with van der Waals surface area (Å²) in [7, 11) is 3.00. The van der Waals surface area contributed by atoms with Crippen molar-refractivity contribution in [3.8, 4) is 11.8 Å². The first kappa shape index (κ1) is 26.9. The lowest BCUT2D eigenvalue weighted by Gasteiger charge is -2.36. The van der Waals surface area contributed by atoms with Gasteiger partial charge in [0.1, 0.15) is 5.75 Å².